The number of nitrogens with one attached hydrogen (secondary N) is 6. The van der Waals surface area contributed by atoms with Gasteiger partial charge in [0.15, 0.2) is 5.65 Å². The number of nitrogens with zero attached hydrogens (tertiary/aromatic N) is 4. The fraction of sp³-hybridized carbons (Fsp3) is 0.609. The Labute approximate surface area is 506 Å². The predicted octanol–water partition coefficient (Wildman–Crippen LogP) is -2.30. The Morgan fingerprint density at radius 3 is 2.07 bits per heavy atom. The van der Waals surface area contributed by atoms with Crippen molar-refractivity contribution in [3.63, 3.8) is 0 Å². The van der Waals surface area contributed by atoms with Crippen LogP contribution < -0.4 is 37.9 Å². The van der Waals surface area contributed by atoms with Crippen LogP contribution in [0.25, 0.3) is 11.0 Å². The Hall–Kier alpha value is -6.49. The van der Waals surface area contributed by atoms with Crippen LogP contribution in [0.1, 0.15) is 95.8 Å². The molecular formula is C46H66N11O26P3S2. The van der Waals surface area contributed by atoms with E-state index in [0.717, 1.165) is 4.90 Å². The molecule has 0 bridgehead atoms. The molecule has 7 amide bonds. The summed E-state index contributed by atoms with van der Waals surface area (Å²) in [5.41, 5.74) is 5.07. The van der Waals surface area contributed by atoms with E-state index < -0.39 is 145 Å². The Morgan fingerprint density at radius 2 is 1.44 bits per heavy atom. The van der Waals surface area contributed by atoms with E-state index in [-0.39, 0.29) is 111 Å². The number of hydrogen-bond donors (Lipinski definition) is 15. The number of fused-ring (bicyclic) bond motifs is 1. The van der Waals surface area contributed by atoms with Crippen LogP contribution in [0.5, 0.6) is 0 Å². The number of anilines is 1. The second-order valence-corrected chi connectivity index (χ2v) is 26.9. The standard InChI is InChI=1S/C46H66N11O26P3S2/c1-24(58)48-13-3-2-8-26(44(70)56-16-6-10-30(56)42(68)51-27(19-36(62)63)40(66)52-28(45(71)72)20-37(64)65)50-41(67)29-9-5-15-55(29)34(61)12-18-88-87-17-11-33(60)49-14-4-7-25-22-57(39-38(25)43(69)54-46(47)53-39)35-21-31(59)32(81-35)23-80-85(76,77)83-86(78,79)82-84(73,74)75/h22,26-32,35,59H,2-3,5-6,8-21,23H2,1H3,(H,48,58)(H,49,60)(H,50,67)(H,51,68)(H,52,66)(H,62,63)(H,64,65)(H,71,72)(H,76,77)(H,78,79)(H2,73,74,75)(H3,47,53,54,69). The highest BCUT2D eigenvalue weighted by molar-refractivity contribution is 8.76. The molecule has 0 aliphatic carbocycles. The van der Waals surface area contributed by atoms with Gasteiger partial charge in [-0.2, -0.15) is 13.6 Å². The smallest absolute Gasteiger partial charge is 0.481 e. The van der Waals surface area contributed by atoms with Crippen molar-refractivity contribution in [3.05, 3.63) is 22.1 Å². The second kappa shape index (κ2) is 32.8. The van der Waals surface area contributed by atoms with Gasteiger partial charge in [-0.3, -0.25) is 57.5 Å². The first-order chi connectivity index (χ1) is 41.2. The van der Waals surface area contributed by atoms with Gasteiger partial charge < -0.3 is 91.4 Å². The lowest BCUT2D eigenvalue weighted by molar-refractivity contribution is -0.148. The lowest BCUT2D eigenvalue weighted by atomic mass is 10.1. The van der Waals surface area contributed by atoms with Crippen LogP contribution >= 0.6 is 45.1 Å². The Balaban J connectivity index is 1.10. The number of aliphatic hydroxyl groups excluding tert-OH is 1. The Kier molecular flexibility index (Phi) is 27.0. The maximum atomic E-state index is 14.3. The summed E-state index contributed by atoms with van der Waals surface area (Å²) in [5, 5.41) is 50.7. The molecule has 0 aromatic carbocycles. The summed E-state index contributed by atoms with van der Waals surface area (Å²) < 4.78 is 53.8. The van der Waals surface area contributed by atoms with Crippen LogP contribution in [0.3, 0.4) is 0 Å². The number of aliphatic carboxylic acids is 3. The monoisotopic (exact) mass is 1350 g/mol. The van der Waals surface area contributed by atoms with Crippen LogP contribution in [0.15, 0.2) is 11.0 Å². The summed E-state index contributed by atoms with van der Waals surface area (Å²) >= 11 is 0. The maximum absolute atomic E-state index is 14.3. The van der Waals surface area contributed by atoms with Crippen molar-refractivity contribution in [3.8, 4) is 11.8 Å². The lowest BCUT2D eigenvalue weighted by Crippen LogP contribution is -2.58. The number of phosphoric ester groups is 1. The fourth-order valence-electron chi connectivity index (χ4n) is 9.29. The first-order valence-electron chi connectivity index (χ1n) is 26.7. The Bertz CT molecular complexity index is 3230. The molecule has 3 aliphatic rings. The molecule has 0 saturated carbocycles. The fourth-order valence-corrected chi connectivity index (χ4v) is 14.3. The minimum absolute atomic E-state index is 0.00125. The van der Waals surface area contributed by atoms with Gasteiger partial charge in [0, 0.05) is 63.5 Å². The summed E-state index contributed by atoms with van der Waals surface area (Å²) in [6.45, 7) is 0.649. The first kappa shape index (κ1) is 72.3. The Morgan fingerprint density at radius 1 is 0.830 bits per heavy atom. The normalized spacial score (nSPS) is 20.7. The van der Waals surface area contributed by atoms with E-state index in [9.17, 15) is 91.5 Å². The minimum atomic E-state index is -5.83. The number of ether oxygens (including phenoxy) is 1. The van der Waals surface area contributed by atoms with Crippen molar-refractivity contribution in [1.29, 1.82) is 0 Å². The number of carbonyl (C=O) groups excluding carboxylic acids is 7. The van der Waals surface area contributed by atoms with E-state index in [0.29, 0.717) is 25.0 Å². The number of aromatic amines is 1. The molecular weight excluding hydrogens is 1280 g/mol. The van der Waals surface area contributed by atoms with Crippen molar-refractivity contribution in [2.75, 3.05) is 50.0 Å². The molecule has 488 valence electrons. The van der Waals surface area contributed by atoms with Gasteiger partial charge in [0.1, 0.15) is 42.5 Å². The van der Waals surface area contributed by atoms with E-state index in [1.54, 1.807) is 0 Å². The summed E-state index contributed by atoms with van der Waals surface area (Å²) in [4.78, 5) is 186. The van der Waals surface area contributed by atoms with Crippen LogP contribution in [-0.4, -0.2) is 210 Å². The number of nitrogens with two attached hydrogens (primary N) is 1. The topological polar surface area (TPSA) is 564 Å². The third-order valence-corrected chi connectivity index (χ3v) is 19.4. The van der Waals surface area contributed by atoms with Gasteiger partial charge in [-0.05, 0) is 44.9 Å². The molecule has 42 heteroatoms. The number of aromatic nitrogens is 3. The maximum Gasteiger partial charge on any atom is 0.490 e. The SMILES string of the molecule is CC(=O)NCCCCC(NC(=O)C1CCCN1C(=O)CCSSCCC(=O)NCC#Cc1cn(C2CC(O)C(COP(=O)(O)OP(=O)(O)OP(=O)(O)O)O2)c2nc(N)[nH]c(=O)c12)C(=O)N1CCCC1C(=O)NC(CC(=O)O)C(=O)NC(CC(=O)O)C(=O)O. The lowest BCUT2D eigenvalue weighted by Gasteiger charge is -2.31. The summed E-state index contributed by atoms with van der Waals surface area (Å²) in [5.74, 6) is -3.80. The number of aliphatic hydroxyl groups is 1. The molecule has 0 spiro atoms. The molecule has 5 heterocycles. The van der Waals surface area contributed by atoms with Crippen LogP contribution in [-0.2, 0) is 79.5 Å². The van der Waals surface area contributed by atoms with Gasteiger partial charge in [0.05, 0.1) is 43.0 Å². The number of likely N-dealkylation sites (tertiary alicyclic amines) is 2. The summed E-state index contributed by atoms with van der Waals surface area (Å²) in [6, 6.07) is -7.33. The number of nitrogen functional groups attached to an aromatic ring is 1. The highest BCUT2D eigenvalue weighted by atomic mass is 33.1. The first-order valence-corrected chi connectivity index (χ1v) is 33.7. The number of carboxylic acids is 3. The average Bonchev–Trinajstić information content (AvgIpc) is 3.17. The van der Waals surface area contributed by atoms with E-state index >= 15 is 0 Å². The number of phosphoric acid groups is 3. The van der Waals surface area contributed by atoms with Gasteiger partial charge >= 0.3 is 41.4 Å². The van der Waals surface area contributed by atoms with Gasteiger partial charge in [-0.15, -0.1) is 0 Å². The zero-order chi connectivity index (χ0) is 65.3. The summed E-state index contributed by atoms with van der Waals surface area (Å²) in [6.07, 6.45) is -3.23. The number of carboxylic acid groups (broad SMARTS) is 3. The minimum Gasteiger partial charge on any atom is -0.481 e. The van der Waals surface area contributed by atoms with Gasteiger partial charge in [0.25, 0.3) is 5.56 Å². The number of carbonyl (C=O) groups is 10. The van der Waals surface area contributed by atoms with Crippen molar-refractivity contribution in [1.82, 2.24) is 50.9 Å². The van der Waals surface area contributed by atoms with E-state index in [2.05, 4.69) is 56.2 Å². The van der Waals surface area contributed by atoms with Crippen LogP contribution in [0, 0.1) is 11.8 Å². The molecule has 88 heavy (non-hydrogen) atoms. The number of hydrogen-bond acceptors (Lipinski definition) is 23. The molecule has 5 rings (SSSR count). The van der Waals surface area contributed by atoms with Gasteiger partial charge in [-0.1, -0.05) is 33.4 Å². The molecule has 3 saturated heterocycles. The molecule has 16 N–H and O–H groups in total. The number of H-pyrrole nitrogens is 1. The number of unbranched alkanes of at least 4 members (excludes halogenated alkanes) is 1. The quantitative estimate of drug-likeness (QED) is 0.0155. The molecule has 3 fully saturated rings. The highest BCUT2D eigenvalue weighted by Crippen LogP contribution is 2.66. The average molecular weight is 1350 g/mol. The van der Waals surface area contributed by atoms with Gasteiger partial charge in [-0.25, -0.2) is 18.5 Å². The third kappa shape index (κ3) is 22.5. The molecule has 10 atom stereocenters. The van der Waals surface area contributed by atoms with Gasteiger partial charge in [0.2, 0.25) is 47.3 Å². The molecule has 37 nitrogen and oxygen atoms in total. The summed E-state index contributed by atoms with van der Waals surface area (Å²) in [7, 11) is -14.5. The number of amides is 7. The molecule has 0 radical (unpaired) electrons. The molecule has 3 aliphatic heterocycles. The zero-order valence-corrected chi connectivity index (χ0v) is 50.9. The van der Waals surface area contributed by atoms with Crippen LogP contribution in [0.4, 0.5) is 5.95 Å². The molecule has 2 aromatic rings. The largest absolute Gasteiger partial charge is 0.490 e. The van der Waals surface area contributed by atoms with Crippen molar-refractivity contribution in [2.45, 2.75) is 133 Å². The van der Waals surface area contributed by atoms with Crippen LogP contribution in [0.2, 0.25) is 0 Å². The predicted molar refractivity (Wildman–Crippen MR) is 303 cm³/mol. The van der Waals surface area contributed by atoms with E-state index in [1.807, 2.05) is 5.32 Å². The van der Waals surface area contributed by atoms with E-state index in [1.165, 1.54) is 44.2 Å². The van der Waals surface area contributed by atoms with Crippen molar-refractivity contribution in [2.24, 2.45) is 0 Å². The third-order valence-electron chi connectivity index (χ3n) is 13.2. The van der Waals surface area contributed by atoms with E-state index in [4.69, 9.17) is 25.4 Å². The number of rotatable bonds is 33. The molecule has 2 aromatic heterocycles. The second-order valence-electron chi connectivity index (χ2n) is 19.8. The highest BCUT2D eigenvalue weighted by Gasteiger charge is 2.45. The molecule has 10 unspecified atom stereocenters. The van der Waals surface area contributed by atoms with Crippen molar-refractivity contribution >= 4 is 121 Å². The van der Waals surface area contributed by atoms with Crippen molar-refractivity contribution < 1.29 is 120 Å². The zero-order valence-electron chi connectivity index (χ0n) is 46.6.